The van der Waals surface area contributed by atoms with Crippen LogP contribution in [0.25, 0.3) is 5.69 Å². The van der Waals surface area contributed by atoms with Gasteiger partial charge >= 0.3 is 11.7 Å². The highest BCUT2D eigenvalue weighted by molar-refractivity contribution is 5.89. The molecule has 1 aliphatic carbocycles. The minimum absolute atomic E-state index is 0.0399. The Bertz CT molecular complexity index is 1320. The van der Waals surface area contributed by atoms with Gasteiger partial charge in [0.2, 0.25) is 5.91 Å². The monoisotopic (exact) mass is 550 g/mol. The van der Waals surface area contributed by atoms with Gasteiger partial charge in [0.25, 0.3) is 0 Å². The largest absolute Gasteiger partial charge is 0.354 e. The summed E-state index contributed by atoms with van der Waals surface area (Å²) >= 11 is 0. The number of nitrogens with two attached hydrogens (primary N) is 2. The number of anilines is 1. The predicted molar refractivity (Wildman–Crippen MR) is 154 cm³/mol. The van der Waals surface area contributed by atoms with Crippen LogP contribution in [0.3, 0.4) is 0 Å². The van der Waals surface area contributed by atoms with E-state index in [0.29, 0.717) is 37.3 Å². The zero-order valence-electron chi connectivity index (χ0n) is 24.0. The molecule has 40 heavy (non-hydrogen) atoms. The molecule has 11 nitrogen and oxygen atoms in total. The number of urea groups is 1. The molecule has 3 fully saturated rings. The molecule has 2 aliphatic heterocycles. The van der Waals surface area contributed by atoms with Gasteiger partial charge in [-0.1, -0.05) is 26.0 Å². The summed E-state index contributed by atoms with van der Waals surface area (Å²) < 4.78 is 1.46. The lowest BCUT2D eigenvalue weighted by Crippen LogP contribution is -2.58. The summed E-state index contributed by atoms with van der Waals surface area (Å²) in [5.74, 6) is 0.801. The summed E-state index contributed by atoms with van der Waals surface area (Å²) in [7, 11) is 0. The number of benzene rings is 1. The smallest absolute Gasteiger partial charge is 0.338 e. The van der Waals surface area contributed by atoms with Crippen LogP contribution < -0.4 is 22.5 Å². The van der Waals surface area contributed by atoms with Crippen LogP contribution in [-0.4, -0.2) is 94.1 Å². The number of piperidine rings is 1. The molecule has 11 heteroatoms. The lowest BCUT2D eigenvalue weighted by molar-refractivity contribution is -0.137. The van der Waals surface area contributed by atoms with E-state index in [9.17, 15) is 14.4 Å². The third-order valence-corrected chi connectivity index (χ3v) is 8.77. The van der Waals surface area contributed by atoms with Gasteiger partial charge in [-0.15, -0.1) is 0 Å². The Morgan fingerprint density at radius 2 is 1.70 bits per heavy atom. The molecular weight excluding hydrogens is 508 g/mol. The number of fused-ring (bicyclic) bond motifs is 1. The highest BCUT2D eigenvalue weighted by Gasteiger charge is 2.58. The lowest BCUT2D eigenvalue weighted by Gasteiger charge is -2.37. The number of rotatable bonds is 7. The van der Waals surface area contributed by atoms with Crippen LogP contribution >= 0.6 is 0 Å². The quantitative estimate of drug-likeness (QED) is 0.470. The molecular formula is C29H42N8O3. The SMILES string of the molecule is CC(C)(N)C(=O)N1CCN(C(=O)Nc2ccn(-c3ccc(C(C)(C)CN4CC5CC5(CN)C4)cc3)c(=O)n2)CC1. The van der Waals surface area contributed by atoms with Crippen molar-refractivity contribution < 1.29 is 9.59 Å². The third kappa shape index (κ3) is 5.63. The van der Waals surface area contributed by atoms with Gasteiger partial charge in [-0.3, -0.25) is 14.7 Å². The summed E-state index contributed by atoms with van der Waals surface area (Å²) in [5, 5.41) is 2.70. The minimum Gasteiger partial charge on any atom is -0.338 e. The number of hydrogen-bond acceptors (Lipinski definition) is 7. The van der Waals surface area contributed by atoms with Crippen LogP contribution in [0.4, 0.5) is 10.6 Å². The molecule has 2 saturated heterocycles. The van der Waals surface area contributed by atoms with E-state index < -0.39 is 11.2 Å². The van der Waals surface area contributed by atoms with Crippen LogP contribution in [0, 0.1) is 11.3 Å². The molecule has 5 rings (SSSR count). The number of aromatic nitrogens is 2. The molecule has 3 amide bonds. The lowest BCUT2D eigenvalue weighted by atomic mass is 9.84. The van der Waals surface area contributed by atoms with Crippen molar-refractivity contribution in [2.24, 2.45) is 22.8 Å². The Hall–Kier alpha value is -3.28. The Morgan fingerprint density at radius 1 is 1.05 bits per heavy atom. The molecule has 0 spiro atoms. The van der Waals surface area contributed by atoms with Gasteiger partial charge in [-0.2, -0.15) is 4.98 Å². The topological polar surface area (TPSA) is 143 Å². The average Bonchev–Trinajstić information content (AvgIpc) is 3.48. The number of nitrogens with zero attached hydrogens (tertiary/aromatic N) is 5. The molecule has 216 valence electrons. The molecule has 0 radical (unpaired) electrons. The van der Waals surface area contributed by atoms with Crippen molar-refractivity contribution >= 4 is 17.8 Å². The maximum atomic E-state index is 12.8. The number of hydrogen-bond donors (Lipinski definition) is 3. The first-order chi connectivity index (χ1) is 18.8. The van der Waals surface area contributed by atoms with E-state index in [1.807, 2.05) is 12.1 Å². The summed E-state index contributed by atoms with van der Waals surface area (Å²) in [4.78, 5) is 47.8. The number of carbonyl (C=O) groups excluding carboxylic acids is 2. The van der Waals surface area contributed by atoms with Crippen LogP contribution in [-0.2, 0) is 10.2 Å². The van der Waals surface area contributed by atoms with Crippen molar-refractivity contribution in [1.82, 2.24) is 24.3 Å². The summed E-state index contributed by atoms with van der Waals surface area (Å²) in [5.41, 5.74) is 12.8. The first kappa shape index (κ1) is 28.3. The number of piperazine rings is 1. The van der Waals surface area contributed by atoms with E-state index in [4.69, 9.17) is 11.5 Å². The average molecular weight is 551 g/mol. The Balaban J connectivity index is 1.17. The minimum atomic E-state index is -0.947. The molecule has 1 saturated carbocycles. The number of carbonyl (C=O) groups is 2. The van der Waals surface area contributed by atoms with Gasteiger partial charge in [-0.05, 0) is 61.9 Å². The van der Waals surface area contributed by atoms with E-state index in [0.717, 1.165) is 32.1 Å². The van der Waals surface area contributed by atoms with Crippen LogP contribution in [0.1, 0.15) is 39.7 Å². The van der Waals surface area contributed by atoms with Gasteiger partial charge in [-0.25, -0.2) is 9.59 Å². The Morgan fingerprint density at radius 3 is 2.27 bits per heavy atom. The second kappa shape index (κ2) is 10.3. The highest BCUT2D eigenvalue weighted by atomic mass is 16.2. The number of amides is 3. The van der Waals surface area contributed by atoms with Gasteiger partial charge in [0, 0.05) is 57.4 Å². The fraction of sp³-hybridized carbons (Fsp3) is 0.586. The van der Waals surface area contributed by atoms with E-state index >= 15 is 0 Å². The van der Waals surface area contributed by atoms with E-state index in [1.165, 1.54) is 16.6 Å². The zero-order valence-corrected chi connectivity index (χ0v) is 24.0. The van der Waals surface area contributed by atoms with E-state index in [1.54, 1.807) is 35.9 Å². The molecule has 1 aromatic heterocycles. The molecule has 2 unspecified atom stereocenters. The summed E-state index contributed by atoms with van der Waals surface area (Å²) in [6.07, 6.45) is 2.89. The van der Waals surface area contributed by atoms with Crippen molar-refractivity contribution in [3.8, 4) is 5.69 Å². The third-order valence-electron chi connectivity index (χ3n) is 8.77. The Kier molecular flexibility index (Phi) is 7.26. The molecule has 2 atom stereocenters. The van der Waals surface area contributed by atoms with Gasteiger partial charge < -0.3 is 26.2 Å². The van der Waals surface area contributed by atoms with Crippen molar-refractivity contribution in [3.05, 3.63) is 52.6 Å². The van der Waals surface area contributed by atoms with Crippen molar-refractivity contribution in [2.45, 2.75) is 45.1 Å². The molecule has 3 heterocycles. The first-order valence-corrected chi connectivity index (χ1v) is 14.1. The van der Waals surface area contributed by atoms with Crippen LogP contribution in [0.2, 0.25) is 0 Å². The van der Waals surface area contributed by atoms with Crippen molar-refractivity contribution in [2.75, 3.05) is 57.7 Å². The van der Waals surface area contributed by atoms with Gasteiger partial charge in [0.15, 0.2) is 0 Å². The van der Waals surface area contributed by atoms with Crippen LogP contribution in [0.5, 0.6) is 0 Å². The maximum Gasteiger partial charge on any atom is 0.354 e. The van der Waals surface area contributed by atoms with E-state index in [-0.39, 0.29) is 23.2 Å². The summed E-state index contributed by atoms with van der Waals surface area (Å²) in [6.45, 7) is 13.4. The van der Waals surface area contributed by atoms with Crippen LogP contribution in [0.15, 0.2) is 41.3 Å². The van der Waals surface area contributed by atoms with E-state index in [2.05, 4.69) is 41.2 Å². The second-order valence-corrected chi connectivity index (χ2v) is 13.0. The van der Waals surface area contributed by atoms with Crippen molar-refractivity contribution in [1.29, 1.82) is 0 Å². The fourth-order valence-electron chi connectivity index (χ4n) is 6.24. The standard InChI is InChI=1S/C29H42N8O3/c1-27(2,18-34-16-21-15-29(21,17-30)19-34)20-5-7-22(8-6-20)37-10-9-23(33-26(37)40)32-25(39)36-13-11-35(12-14-36)24(38)28(3,4)31/h5-10,21H,11-19,30-31H2,1-4H3,(H,32,33,39,40). The first-order valence-electron chi connectivity index (χ1n) is 14.1. The highest BCUT2D eigenvalue weighted by Crippen LogP contribution is 2.57. The molecule has 1 aromatic carbocycles. The fourth-order valence-corrected chi connectivity index (χ4v) is 6.24. The number of nitrogens with one attached hydrogen (secondary N) is 1. The predicted octanol–water partition coefficient (Wildman–Crippen LogP) is 1.20. The maximum absolute atomic E-state index is 12.8. The molecule has 2 aromatic rings. The molecule has 5 N–H and O–H groups in total. The zero-order chi connectivity index (χ0) is 28.9. The normalized spacial score (nSPS) is 23.2. The van der Waals surface area contributed by atoms with Gasteiger partial charge in [0.1, 0.15) is 5.82 Å². The summed E-state index contributed by atoms with van der Waals surface area (Å²) in [6, 6.07) is 9.27. The molecule has 0 bridgehead atoms. The molecule has 3 aliphatic rings. The van der Waals surface area contributed by atoms with Crippen molar-refractivity contribution in [3.63, 3.8) is 0 Å². The van der Waals surface area contributed by atoms with Gasteiger partial charge in [0.05, 0.1) is 11.2 Å². The number of likely N-dealkylation sites (tertiary alicyclic amines) is 1. The Labute approximate surface area is 235 Å². The second-order valence-electron chi connectivity index (χ2n) is 13.0.